The SMILES string of the molecule is CC(C)(C)C1=CCN(c2ccnc(N)n2)CC1. The number of nitrogens with zero attached hydrogens (tertiary/aromatic N) is 3. The fourth-order valence-corrected chi connectivity index (χ4v) is 2.10. The lowest BCUT2D eigenvalue weighted by atomic mass is 9.83. The third kappa shape index (κ3) is 2.75. The van der Waals surface area contributed by atoms with Gasteiger partial charge in [-0.1, -0.05) is 32.4 Å². The number of aromatic nitrogens is 2. The van der Waals surface area contributed by atoms with Gasteiger partial charge in [0, 0.05) is 19.3 Å². The van der Waals surface area contributed by atoms with Crippen molar-refractivity contribution in [3.63, 3.8) is 0 Å². The zero-order valence-corrected chi connectivity index (χ0v) is 10.8. The van der Waals surface area contributed by atoms with E-state index in [1.807, 2.05) is 6.07 Å². The Morgan fingerprint density at radius 2 is 2.12 bits per heavy atom. The van der Waals surface area contributed by atoms with Gasteiger partial charge >= 0.3 is 0 Å². The number of nitrogens with two attached hydrogens (primary N) is 1. The monoisotopic (exact) mass is 232 g/mol. The van der Waals surface area contributed by atoms with Gasteiger partial charge in [-0.2, -0.15) is 4.98 Å². The smallest absolute Gasteiger partial charge is 0.221 e. The molecule has 0 fully saturated rings. The topological polar surface area (TPSA) is 55.0 Å². The summed E-state index contributed by atoms with van der Waals surface area (Å²) in [6.45, 7) is 8.69. The highest BCUT2D eigenvalue weighted by Crippen LogP contribution is 2.31. The highest BCUT2D eigenvalue weighted by atomic mass is 15.2. The summed E-state index contributed by atoms with van der Waals surface area (Å²) in [6, 6.07) is 1.91. The van der Waals surface area contributed by atoms with Crippen LogP contribution in [0, 0.1) is 5.41 Å². The van der Waals surface area contributed by atoms with E-state index in [4.69, 9.17) is 5.73 Å². The predicted octanol–water partition coefficient (Wildman–Crippen LogP) is 2.24. The second-order valence-electron chi connectivity index (χ2n) is 5.45. The molecule has 4 heteroatoms. The quantitative estimate of drug-likeness (QED) is 0.754. The lowest BCUT2D eigenvalue weighted by molar-refractivity contribution is 0.472. The molecule has 1 aliphatic rings. The van der Waals surface area contributed by atoms with Crippen LogP contribution in [0.4, 0.5) is 11.8 Å². The lowest BCUT2D eigenvalue weighted by Crippen LogP contribution is -2.32. The summed E-state index contributed by atoms with van der Waals surface area (Å²) in [6.07, 6.45) is 5.11. The summed E-state index contributed by atoms with van der Waals surface area (Å²) in [7, 11) is 0. The molecule has 1 aromatic heterocycles. The van der Waals surface area contributed by atoms with E-state index in [2.05, 4.69) is 41.7 Å². The summed E-state index contributed by atoms with van der Waals surface area (Å²) < 4.78 is 0. The number of hydrogen-bond donors (Lipinski definition) is 1. The maximum atomic E-state index is 5.60. The average molecular weight is 232 g/mol. The molecule has 0 radical (unpaired) electrons. The number of rotatable bonds is 1. The van der Waals surface area contributed by atoms with Crippen LogP contribution < -0.4 is 10.6 Å². The summed E-state index contributed by atoms with van der Waals surface area (Å²) in [5.41, 5.74) is 7.40. The number of anilines is 2. The minimum Gasteiger partial charge on any atom is -0.368 e. The van der Waals surface area contributed by atoms with E-state index in [-0.39, 0.29) is 5.41 Å². The van der Waals surface area contributed by atoms with Gasteiger partial charge in [-0.3, -0.25) is 0 Å². The Bertz CT molecular complexity index is 431. The van der Waals surface area contributed by atoms with Crippen LogP contribution in [0.25, 0.3) is 0 Å². The summed E-state index contributed by atoms with van der Waals surface area (Å²) in [5.74, 6) is 1.26. The number of hydrogen-bond acceptors (Lipinski definition) is 4. The second-order valence-corrected chi connectivity index (χ2v) is 5.45. The zero-order valence-electron chi connectivity index (χ0n) is 10.8. The molecule has 0 saturated heterocycles. The van der Waals surface area contributed by atoms with Crippen molar-refractivity contribution in [2.24, 2.45) is 5.41 Å². The van der Waals surface area contributed by atoms with E-state index in [1.54, 1.807) is 6.20 Å². The highest BCUT2D eigenvalue weighted by Gasteiger charge is 2.21. The van der Waals surface area contributed by atoms with Crippen LogP contribution in [-0.4, -0.2) is 23.1 Å². The standard InChI is InChI=1S/C13H20N4/c1-13(2,3)10-5-8-17(9-6-10)11-4-7-15-12(14)16-11/h4-5,7H,6,8-9H2,1-3H3,(H2,14,15,16). The minimum absolute atomic E-state index is 0.275. The van der Waals surface area contributed by atoms with Gasteiger partial charge in [-0.25, -0.2) is 4.98 Å². The lowest BCUT2D eigenvalue weighted by Gasteiger charge is -2.32. The van der Waals surface area contributed by atoms with E-state index in [0.29, 0.717) is 5.95 Å². The van der Waals surface area contributed by atoms with Gasteiger partial charge in [0.1, 0.15) is 5.82 Å². The molecule has 2 heterocycles. The van der Waals surface area contributed by atoms with Gasteiger partial charge in [0.2, 0.25) is 5.95 Å². The molecule has 0 bridgehead atoms. The molecule has 0 spiro atoms. The molecule has 0 unspecified atom stereocenters. The zero-order chi connectivity index (χ0) is 12.5. The number of nitrogen functional groups attached to an aromatic ring is 1. The first-order valence-electron chi connectivity index (χ1n) is 6.00. The van der Waals surface area contributed by atoms with Crippen LogP contribution in [0.5, 0.6) is 0 Å². The van der Waals surface area contributed by atoms with Crippen LogP contribution in [0.2, 0.25) is 0 Å². The summed E-state index contributed by atoms with van der Waals surface area (Å²) in [4.78, 5) is 10.4. The highest BCUT2D eigenvalue weighted by molar-refractivity contribution is 5.43. The Morgan fingerprint density at radius 3 is 2.65 bits per heavy atom. The third-order valence-electron chi connectivity index (χ3n) is 3.16. The van der Waals surface area contributed by atoms with Crippen LogP contribution in [-0.2, 0) is 0 Å². The van der Waals surface area contributed by atoms with Crippen molar-refractivity contribution in [1.29, 1.82) is 0 Å². The van der Waals surface area contributed by atoms with Gasteiger partial charge in [-0.05, 0) is 17.9 Å². The van der Waals surface area contributed by atoms with Crippen molar-refractivity contribution < 1.29 is 0 Å². The first-order valence-corrected chi connectivity index (χ1v) is 6.00. The largest absolute Gasteiger partial charge is 0.368 e. The maximum absolute atomic E-state index is 5.60. The average Bonchev–Trinajstić information content (AvgIpc) is 2.28. The molecular formula is C13H20N4. The third-order valence-corrected chi connectivity index (χ3v) is 3.16. The van der Waals surface area contributed by atoms with Gasteiger partial charge in [0.25, 0.3) is 0 Å². The van der Waals surface area contributed by atoms with Crippen LogP contribution in [0.1, 0.15) is 27.2 Å². The fraction of sp³-hybridized carbons (Fsp3) is 0.538. The molecular weight excluding hydrogens is 212 g/mol. The minimum atomic E-state index is 0.275. The Labute approximate surface area is 103 Å². The molecule has 1 aromatic rings. The van der Waals surface area contributed by atoms with Crippen molar-refractivity contribution >= 4 is 11.8 Å². The summed E-state index contributed by atoms with van der Waals surface area (Å²) in [5, 5.41) is 0. The van der Waals surface area contributed by atoms with Crippen molar-refractivity contribution in [2.45, 2.75) is 27.2 Å². The predicted molar refractivity (Wildman–Crippen MR) is 70.8 cm³/mol. The second kappa shape index (κ2) is 4.35. The molecule has 92 valence electrons. The Morgan fingerprint density at radius 1 is 1.35 bits per heavy atom. The van der Waals surface area contributed by atoms with Crippen molar-refractivity contribution in [3.05, 3.63) is 23.9 Å². The molecule has 1 aliphatic heterocycles. The fourth-order valence-electron chi connectivity index (χ4n) is 2.10. The molecule has 4 nitrogen and oxygen atoms in total. The Balaban J connectivity index is 2.12. The Hall–Kier alpha value is -1.58. The Kier molecular flexibility index (Phi) is 3.05. The first kappa shape index (κ1) is 11.9. The molecule has 0 atom stereocenters. The van der Waals surface area contributed by atoms with Crippen molar-refractivity contribution in [2.75, 3.05) is 23.7 Å². The maximum Gasteiger partial charge on any atom is 0.221 e. The van der Waals surface area contributed by atoms with E-state index in [1.165, 1.54) is 5.57 Å². The van der Waals surface area contributed by atoms with Crippen molar-refractivity contribution in [1.82, 2.24) is 9.97 Å². The normalized spacial score (nSPS) is 16.9. The van der Waals surface area contributed by atoms with Gasteiger partial charge in [-0.15, -0.1) is 0 Å². The molecule has 2 N–H and O–H groups in total. The van der Waals surface area contributed by atoms with Gasteiger partial charge in [0.05, 0.1) is 0 Å². The van der Waals surface area contributed by atoms with Crippen LogP contribution in [0.3, 0.4) is 0 Å². The van der Waals surface area contributed by atoms with E-state index in [9.17, 15) is 0 Å². The van der Waals surface area contributed by atoms with E-state index < -0.39 is 0 Å². The van der Waals surface area contributed by atoms with Crippen LogP contribution in [0.15, 0.2) is 23.9 Å². The summed E-state index contributed by atoms with van der Waals surface area (Å²) >= 11 is 0. The first-order chi connectivity index (χ1) is 7.97. The molecule has 0 aromatic carbocycles. The van der Waals surface area contributed by atoms with E-state index in [0.717, 1.165) is 25.3 Å². The molecule has 0 saturated carbocycles. The van der Waals surface area contributed by atoms with E-state index >= 15 is 0 Å². The van der Waals surface area contributed by atoms with Gasteiger partial charge < -0.3 is 10.6 Å². The molecule has 17 heavy (non-hydrogen) atoms. The molecule has 0 aliphatic carbocycles. The van der Waals surface area contributed by atoms with Crippen LogP contribution >= 0.6 is 0 Å². The molecule has 0 amide bonds. The molecule has 2 rings (SSSR count). The van der Waals surface area contributed by atoms with Crippen molar-refractivity contribution in [3.8, 4) is 0 Å². The van der Waals surface area contributed by atoms with Gasteiger partial charge in [0.15, 0.2) is 0 Å².